The van der Waals surface area contributed by atoms with Gasteiger partial charge >= 0.3 is 0 Å². The lowest BCUT2D eigenvalue weighted by atomic mass is 9.70. The zero-order valence-electron chi connectivity index (χ0n) is 24.6. The van der Waals surface area contributed by atoms with Gasteiger partial charge in [-0.2, -0.15) is 0 Å². The molecule has 0 unspecified atom stereocenters. The number of hydrogen-bond acceptors (Lipinski definition) is 4. The molecule has 0 aromatic carbocycles. The summed E-state index contributed by atoms with van der Waals surface area (Å²) >= 11 is 0. The first-order chi connectivity index (χ1) is 17.3. The second-order valence-corrected chi connectivity index (χ2v) is 12.7. The number of allylic oxidation sites excluding steroid dienone is 4. The summed E-state index contributed by atoms with van der Waals surface area (Å²) in [5.74, 6) is 12.5. The van der Waals surface area contributed by atoms with E-state index >= 15 is 0 Å². The van der Waals surface area contributed by atoms with Gasteiger partial charge in [0, 0.05) is 17.8 Å². The van der Waals surface area contributed by atoms with E-state index in [1.807, 2.05) is 13.8 Å². The second kappa shape index (κ2) is 11.9. The molecule has 3 rings (SSSR count). The van der Waals surface area contributed by atoms with E-state index in [-0.39, 0.29) is 35.4 Å². The van der Waals surface area contributed by atoms with Gasteiger partial charge in [0.1, 0.15) is 6.10 Å². The van der Waals surface area contributed by atoms with Crippen LogP contribution in [0.15, 0.2) is 23.3 Å². The van der Waals surface area contributed by atoms with Crippen LogP contribution in [0.25, 0.3) is 0 Å². The van der Waals surface area contributed by atoms with Crippen LogP contribution in [-0.2, 0) is 19.0 Å². The van der Waals surface area contributed by atoms with Gasteiger partial charge in [-0.05, 0) is 104 Å². The van der Waals surface area contributed by atoms with Crippen molar-refractivity contribution in [3.63, 3.8) is 0 Å². The summed E-state index contributed by atoms with van der Waals surface area (Å²) in [4.78, 5) is 13.5. The van der Waals surface area contributed by atoms with Gasteiger partial charge in [-0.25, -0.2) is 0 Å². The van der Waals surface area contributed by atoms with Gasteiger partial charge in [-0.3, -0.25) is 4.79 Å². The molecule has 1 aliphatic carbocycles. The third kappa shape index (κ3) is 6.97. The molecule has 37 heavy (non-hydrogen) atoms. The predicted molar refractivity (Wildman–Crippen MR) is 150 cm³/mol. The molecule has 0 amide bonds. The summed E-state index contributed by atoms with van der Waals surface area (Å²) in [5, 5.41) is 0. The molecule has 0 radical (unpaired) electrons. The van der Waals surface area contributed by atoms with E-state index in [1.54, 1.807) is 6.92 Å². The molecular formula is C33H48O4. The SMILES string of the molecule is CC#CC#CC[C@@H]1[C@H]2[C@H](C)CO[C@H]2C(=O)[C@@]1(C)C/C=C(\C)CC/C=C(\C)CC[C@H]1OC(C)(C)OC1(C)C. The number of hydrogen-bond donors (Lipinski definition) is 0. The fourth-order valence-corrected chi connectivity index (χ4v) is 6.56. The van der Waals surface area contributed by atoms with E-state index in [0.717, 1.165) is 32.1 Å². The van der Waals surface area contributed by atoms with Gasteiger partial charge < -0.3 is 14.2 Å². The third-order valence-electron chi connectivity index (χ3n) is 8.66. The molecular weight excluding hydrogens is 460 g/mol. The monoisotopic (exact) mass is 508 g/mol. The molecule has 0 N–H and O–H groups in total. The average molecular weight is 509 g/mol. The van der Waals surface area contributed by atoms with Gasteiger partial charge in [-0.15, -0.1) is 0 Å². The van der Waals surface area contributed by atoms with Crippen LogP contribution in [-0.4, -0.2) is 36.0 Å². The topological polar surface area (TPSA) is 44.8 Å². The number of ketones is 1. The Bertz CT molecular complexity index is 1020. The van der Waals surface area contributed by atoms with Crippen molar-refractivity contribution < 1.29 is 19.0 Å². The molecule has 3 aliphatic rings. The summed E-state index contributed by atoms with van der Waals surface area (Å²) in [6.45, 7) is 19.4. The minimum Gasteiger partial charge on any atom is -0.370 e. The van der Waals surface area contributed by atoms with E-state index < -0.39 is 11.2 Å². The standard InChI is InChI=1S/C33H48O4/c1-10-11-12-13-17-26-28-25(4)22-35-29(28)30(34)33(26,9)21-20-24(3)16-14-15-23(2)18-19-27-31(5,6)37-32(7,8)36-27/h15,20,25-29H,14,16-19,21-22H2,1-9H3/b23-15+,24-20+/t25-,26-,27-,28-,29-,33+/m1/s1. The summed E-state index contributed by atoms with van der Waals surface area (Å²) in [6, 6.07) is 0. The number of carbonyl (C=O) groups is 1. The lowest BCUT2D eigenvalue weighted by molar-refractivity contribution is -0.157. The number of ether oxygens (including phenoxy) is 3. The highest BCUT2D eigenvalue weighted by Crippen LogP contribution is 2.54. The van der Waals surface area contributed by atoms with Crippen LogP contribution in [0.2, 0.25) is 0 Å². The number of Topliss-reactive ketones (excluding diaryl/α,β-unsaturated/α-hetero) is 1. The highest BCUT2D eigenvalue weighted by molar-refractivity contribution is 5.92. The smallest absolute Gasteiger partial charge is 0.168 e. The Balaban J connectivity index is 1.56. The maximum Gasteiger partial charge on any atom is 0.168 e. The average Bonchev–Trinajstić information content (AvgIpc) is 3.36. The van der Waals surface area contributed by atoms with Crippen LogP contribution < -0.4 is 0 Å². The zero-order chi connectivity index (χ0) is 27.4. The van der Waals surface area contributed by atoms with Crippen LogP contribution in [0.1, 0.15) is 101 Å². The maximum absolute atomic E-state index is 13.5. The van der Waals surface area contributed by atoms with Gasteiger partial charge in [0.25, 0.3) is 0 Å². The third-order valence-corrected chi connectivity index (χ3v) is 8.66. The van der Waals surface area contributed by atoms with Crippen molar-refractivity contribution in [1.82, 2.24) is 0 Å². The summed E-state index contributed by atoms with van der Waals surface area (Å²) < 4.78 is 18.1. The molecule has 3 fully saturated rings. The molecule has 4 heteroatoms. The fraction of sp³-hybridized carbons (Fsp3) is 0.727. The first kappa shape index (κ1) is 29.7. The predicted octanol–water partition coefficient (Wildman–Crippen LogP) is 7.03. The van der Waals surface area contributed by atoms with E-state index in [9.17, 15) is 4.79 Å². The molecule has 4 nitrogen and oxygen atoms in total. The van der Waals surface area contributed by atoms with Gasteiger partial charge in [0.2, 0.25) is 0 Å². The van der Waals surface area contributed by atoms with Crippen LogP contribution in [0.4, 0.5) is 0 Å². The molecule has 0 bridgehead atoms. The Morgan fingerprint density at radius 1 is 1.05 bits per heavy atom. The molecule has 2 saturated heterocycles. The van der Waals surface area contributed by atoms with Gasteiger partial charge in [0.05, 0.1) is 18.3 Å². The van der Waals surface area contributed by atoms with Crippen LogP contribution in [0.5, 0.6) is 0 Å². The summed E-state index contributed by atoms with van der Waals surface area (Å²) in [5.41, 5.74) is 2.03. The van der Waals surface area contributed by atoms with Gasteiger partial charge in [-0.1, -0.05) is 49.0 Å². The number of carbonyl (C=O) groups excluding carboxylic acids is 1. The Morgan fingerprint density at radius 3 is 2.41 bits per heavy atom. The van der Waals surface area contributed by atoms with E-state index in [0.29, 0.717) is 18.9 Å². The van der Waals surface area contributed by atoms with Crippen LogP contribution >= 0.6 is 0 Å². The van der Waals surface area contributed by atoms with Gasteiger partial charge in [0.15, 0.2) is 11.6 Å². The van der Waals surface area contributed by atoms with E-state index in [4.69, 9.17) is 14.2 Å². The zero-order valence-corrected chi connectivity index (χ0v) is 24.6. The lowest BCUT2D eigenvalue weighted by Gasteiger charge is -2.32. The largest absolute Gasteiger partial charge is 0.370 e. The van der Waals surface area contributed by atoms with Crippen LogP contribution in [0.3, 0.4) is 0 Å². The Kier molecular flexibility index (Phi) is 9.56. The Labute approximate surface area is 226 Å². The highest BCUT2D eigenvalue weighted by Gasteiger charge is 2.60. The Morgan fingerprint density at radius 2 is 1.76 bits per heavy atom. The molecule has 6 atom stereocenters. The quantitative estimate of drug-likeness (QED) is 0.248. The van der Waals surface area contributed by atoms with E-state index in [1.165, 1.54) is 11.1 Å². The van der Waals surface area contributed by atoms with Crippen molar-refractivity contribution in [2.75, 3.05) is 6.61 Å². The normalized spacial score (nSPS) is 34.5. The number of rotatable bonds is 9. The lowest BCUT2D eigenvalue weighted by Crippen LogP contribution is -2.33. The van der Waals surface area contributed by atoms with E-state index in [2.05, 4.69) is 77.4 Å². The summed E-state index contributed by atoms with van der Waals surface area (Å²) in [6.07, 6.45) is 9.89. The molecule has 0 aromatic rings. The number of fused-ring (bicyclic) bond motifs is 1. The van der Waals surface area contributed by atoms with Crippen molar-refractivity contribution in [1.29, 1.82) is 0 Å². The molecule has 204 valence electrons. The molecule has 0 spiro atoms. The van der Waals surface area contributed by atoms with Crippen LogP contribution in [0, 0.1) is 46.9 Å². The Hall–Kier alpha value is -1.85. The van der Waals surface area contributed by atoms with Crippen molar-refractivity contribution in [2.24, 2.45) is 23.2 Å². The molecule has 0 aromatic heterocycles. The summed E-state index contributed by atoms with van der Waals surface area (Å²) in [7, 11) is 0. The molecule has 2 aliphatic heterocycles. The first-order valence-electron chi connectivity index (χ1n) is 14.1. The fourth-order valence-electron chi connectivity index (χ4n) is 6.56. The first-order valence-corrected chi connectivity index (χ1v) is 14.1. The van der Waals surface area contributed by atoms with Crippen molar-refractivity contribution >= 4 is 5.78 Å². The minimum absolute atomic E-state index is 0.106. The highest BCUT2D eigenvalue weighted by atomic mass is 16.8. The van der Waals surface area contributed by atoms with Crippen molar-refractivity contribution in [2.45, 2.75) is 124 Å². The molecule has 2 heterocycles. The maximum atomic E-state index is 13.5. The molecule has 1 saturated carbocycles. The van der Waals surface area contributed by atoms with Crippen molar-refractivity contribution in [3.05, 3.63) is 23.3 Å². The van der Waals surface area contributed by atoms with Crippen molar-refractivity contribution in [3.8, 4) is 23.7 Å². The second-order valence-electron chi connectivity index (χ2n) is 12.7. The minimum atomic E-state index is -0.511.